The molecule has 1 amide bonds. The van der Waals surface area contributed by atoms with Crippen LogP contribution in [0.2, 0.25) is 0 Å². The lowest BCUT2D eigenvalue weighted by Gasteiger charge is -2.12. The Labute approximate surface area is 166 Å². The van der Waals surface area contributed by atoms with Gasteiger partial charge in [0.25, 0.3) is 0 Å². The quantitative estimate of drug-likeness (QED) is 0.511. The van der Waals surface area contributed by atoms with Crippen LogP contribution in [-0.2, 0) is 14.3 Å². The van der Waals surface area contributed by atoms with Gasteiger partial charge in [-0.3, -0.25) is 9.59 Å². The molecule has 0 bridgehead atoms. The van der Waals surface area contributed by atoms with Crippen LogP contribution in [0.1, 0.15) is 12.5 Å². The van der Waals surface area contributed by atoms with Gasteiger partial charge in [-0.15, -0.1) is 11.8 Å². The van der Waals surface area contributed by atoms with Crippen LogP contribution in [0, 0.1) is 17.1 Å². The molecule has 0 spiro atoms. The first-order chi connectivity index (χ1) is 13.5. The van der Waals surface area contributed by atoms with Crippen molar-refractivity contribution < 1.29 is 23.5 Å². The van der Waals surface area contributed by atoms with Crippen molar-refractivity contribution in [2.24, 2.45) is 0 Å². The van der Waals surface area contributed by atoms with Crippen LogP contribution < -0.4 is 10.1 Å². The van der Waals surface area contributed by atoms with E-state index in [1.54, 1.807) is 31.2 Å². The Hall–Kier alpha value is -3.05. The molecule has 2 aromatic carbocycles. The highest BCUT2D eigenvalue weighted by Gasteiger charge is 2.16. The molecular weight excluding hydrogens is 383 g/mol. The number of ether oxygens (including phenoxy) is 2. The van der Waals surface area contributed by atoms with Crippen molar-refractivity contribution >= 4 is 29.3 Å². The number of hydrogen-bond donors (Lipinski definition) is 1. The van der Waals surface area contributed by atoms with Gasteiger partial charge in [-0.1, -0.05) is 0 Å². The number of thioether (sulfide) groups is 1. The number of esters is 1. The van der Waals surface area contributed by atoms with E-state index in [0.29, 0.717) is 17.0 Å². The normalized spacial score (nSPS) is 11.2. The van der Waals surface area contributed by atoms with Crippen molar-refractivity contribution in [3.05, 3.63) is 59.9 Å². The van der Waals surface area contributed by atoms with Crippen LogP contribution >= 0.6 is 11.8 Å². The number of nitrogens with one attached hydrogen (secondary N) is 1. The molecule has 146 valence electrons. The molecule has 0 aliphatic heterocycles. The highest BCUT2D eigenvalue weighted by Crippen LogP contribution is 2.15. The van der Waals surface area contributed by atoms with E-state index in [0.717, 1.165) is 11.8 Å². The lowest BCUT2D eigenvalue weighted by atomic mass is 10.2. The van der Waals surface area contributed by atoms with E-state index in [1.165, 1.54) is 24.3 Å². The second-order valence-corrected chi connectivity index (χ2v) is 6.99. The van der Waals surface area contributed by atoms with Gasteiger partial charge in [0, 0.05) is 5.69 Å². The Morgan fingerprint density at radius 2 is 1.82 bits per heavy atom. The summed E-state index contributed by atoms with van der Waals surface area (Å²) in [6, 6.07) is 14.0. The Balaban J connectivity index is 1.63. The van der Waals surface area contributed by atoms with Crippen molar-refractivity contribution in [2.75, 3.05) is 24.3 Å². The molecule has 1 N–H and O–H groups in total. The zero-order chi connectivity index (χ0) is 20.4. The van der Waals surface area contributed by atoms with Crippen molar-refractivity contribution in [3.8, 4) is 11.8 Å². The number of nitrogens with zero attached hydrogens (tertiary/aromatic N) is 1. The zero-order valence-corrected chi connectivity index (χ0v) is 16.0. The maximum absolute atomic E-state index is 12.8. The largest absolute Gasteiger partial charge is 0.490 e. The van der Waals surface area contributed by atoms with Gasteiger partial charge < -0.3 is 14.8 Å². The van der Waals surface area contributed by atoms with E-state index in [-0.39, 0.29) is 30.7 Å². The minimum Gasteiger partial charge on any atom is -0.490 e. The van der Waals surface area contributed by atoms with Crippen molar-refractivity contribution in [2.45, 2.75) is 12.2 Å². The topological polar surface area (TPSA) is 88.4 Å². The number of benzene rings is 2. The first kappa shape index (κ1) is 21.3. The third kappa shape index (κ3) is 7.29. The molecule has 6 nitrogen and oxygen atoms in total. The zero-order valence-electron chi connectivity index (χ0n) is 15.2. The number of carbonyl (C=O) groups excluding carboxylic acids is 2. The Kier molecular flexibility index (Phi) is 8.31. The van der Waals surface area contributed by atoms with Crippen LogP contribution in [0.3, 0.4) is 0 Å². The smallest absolute Gasteiger partial charge is 0.318 e. The molecule has 8 heteroatoms. The van der Waals surface area contributed by atoms with E-state index < -0.39 is 11.2 Å². The SMILES string of the molecule is CC(SCC(=O)Nc1ccc(F)cc1)C(=O)OCCOc1ccc(C#N)cc1. The van der Waals surface area contributed by atoms with Gasteiger partial charge in [-0.2, -0.15) is 5.26 Å². The average molecular weight is 402 g/mol. The monoisotopic (exact) mass is 402 g/mol. The maximum atomic E-state index is 12.8. The third-order valence-electron chi connectivity index (χ3n) is 3.50. The molecular formula is C20H19FN2O4S. The predicted molar refractivity (Wildman–Crippen MR) is 105 cm³/mol. The van der Waals surface area contributed by atoms with E-state index in [9.17, 15) is 14.0 Å². The number of carbonyl (C=O) groups is 2. The summed E-state index contributed by atoms with van der Waals surface area (Å²) in [5, 5.41) is 10.8. The molecule has 28 heavy (non-hydrogen) atoms. The summed E-state index contributed by atoms with van der Waals surface area (Å²) < 4.78 is 23.4. The fourth-order valence-corrected chi connectivity index (χ4v) is 2.72. The molecule has 0 aliphatic rings. The molecule has 2 aromatic rings. The number of anilines is 1. The maximum Gasteiger partial charge on any atom is 0.318 e. The molecule has 0 aromatic heterocycles. The molecule has 0 aliphatic carbocycles. The van der Waals surface area contributed by atoms with Crippen LogP contribution in [0.5, 0.6) is 5.75 Å². The minimum absolute atomic E-state index is 0.0649. The van der Waals surface area contributed by atoms with E-state index in [4.69, 9.17) is 14.7 Å². The Morgan fingerprint density at radius 3 is 2.46 bits per heavy atom. The van der Waals surface area contributed by atoms with Gasteiger partial charge >= 0.3 is 5.97 Å². The highest BCUT2D eigenvalue weighted by atomic mass is 32.2. The predicted octanol–water partition coefficient (Wildman–Crippen LogP) is 3.38. The summed E-state index contributed by atoms with van der Waals surface area (Å²) in [5.41, 5.74) is 1.02. The molecule has 1 unspecified atom stereocenters. The van der Waals surface area contributed by atoms with Gasteiger partial charge in [-0.25, -0.2) is 4.39 Å². The molecule has 2 rings (SSSR count). The second-order valence-electron chi connectivity index (χ2n) is 5.66. The van der Waals surface area contributed by atoms with Gasteiger partial charge in [0.2, 0.25) is 5.91 Å². The standard InChI is InChI=1S/C20H19FN2O4S/c1-14(28-13-19(24)23-17-6-4-16(21)5-7-17)20(25)27-11-10-26-18-8-2-15(12-22)3-9-18/h2-9,14H,10-11,13H2,1H3,(H,23,24). The summed E-state index contributed by atoms with van der Waals surface area (Å²) in [6.07, 6.45) is 0. The minimum atomic E-state index is -0.520. The first-order valence-electron chi connectivity index (χ1n) is 8.44. The van der Waals surface area contributed by atoms with Crippen LogP contribution in [0.25, 0.3) is 0 Å². The summed E-state index contributed by atoms with van der Waals surface area (Å²) in [7, 11) is 0. The van der Waals surface area contributed by atoms with Crippen LogP contribution in [-0.4, -0.2) is 36.1 Å². The fraction of sp³-hybridized carbons (Fsp3) is 0.250. The third-order valence-corrected chi connectivity index (χ3v) is 4.63. The highest BCUT2D eigenvalue weighted by molar-refractivity contribution is 8.01. The van der Waals surface area contributed by atoms with Crippen molar-refractivity contribution in [1.82, 2.24) is 0 Å². The van der Waals surface area contributed by atoms with Crippen LogP contribution in [0.15, 0.2) is 48.5 Å². The average Bonchev–Trinajstić information content (AvgIpc) is 2.71. The lowest BCUT2D eigenvalue weighted by molar-refractivity contribution is -0.143. The Morgan fingerprint density at radius 1 is 1.14 bits per heavy atom. The van der Waals surface area contributed by atoms with Gasteiger partial charge in [0.1, 0.15) is 30.0 Å². The molecule has 1 atom stereocenters. The van der Waals surface area contributed by atoms with E-state index >= 15 is 0 Å². The molecule has 0 saturated heterocycles. The van der Waals surface area contributed by atoms with Gasteiger partial charge in [0.05, 0.1) is 17.4 Å². The number of nitriles is 1. The van der Waals surface area contributed by atoms with E-state index in [1.807, 2.05) is 6.07 Å². The van der Waals surface area contributed by atoms with Crippen LogP contribution in [0.4, 0.5) is 10.1 Å². The molecule has 0 radical (unpaired) electrons. The number of rotatable bonds is 9. The summed E-state index contributed by atoms with van der Waals surface area (Å²) >= 11 is 1.14. The molecule has 0 saturated carbocycles. The summed E-state index contributed by atoms with van der Waals surface area (Å²) in [4.78, 5) is 23.8. The van der Waals surface area contributed by atoms with Crippen molar-refractivity contribution in [1.29, 1.82) is 5.26 Å². The number of hydrogen-bond acceptors (Lipinski definition) is 6. The van der Waals surface area contributed by atoms with Gasteiger partial charge in [0.15, 0.2) is 0 Å². The van der Waals surface area contributed by atoms with Crippen molar-refractivity contribution in [3.63, 3.8) is 0 Å². The second kappa shape index (κ2) is 10.9. The Bertz CT molecular complexity index is 835. The van der Waals surface area contributed by atoms with Gasteiger partial charge in [-0.05, 0) is 55.5 Å². The fourth-order valence-electron chi connectivity index (χ4n) is 2.04. The first-order valence-corrected chi connectivity index (χ1v) is 9.49. The molecule has 0 fully saturated rings. The number of halogens is 1. The van der Waals surface area contributed by atoms with E-state index in [2.05, 4.69) is 5.32 Å². The lowest BCUT2D eigenvalue weighted by Crippen LogP contribution is -2.23. The number of amides is 1. The summed E-state index contributed by atoms with van der Waals surface area (Å²) in [6.45, 7) is 1.91. The molecule has 0 heterocycles. The summed E-state index contributed by atoms with van der Waals surface area (Å²) in [5.74, 6) is -0.472.